The number of hydrogen-bond donors (Lipinski definition) is 3. The largest absolute Gasteiger partial charge is 0.390 e. The molecule has 0 saturated carbocycles. The van der Waals surface area contributed by atoms with Crippen LogP contribution in [0.2, 0.25) is 0 Å². The van der Waals surface area contributed by atoms with E-state index in [9.17, 15) is 28.3 Å². The molecule has 3 rings (SSSR count). The number of hydrogen-bond acceptors (Lipinski definition) is 5. The van der Waals surface area contributed by atoms with Crippen molar-refractivity contribution in [1.82, 2.24) is 20.7 Å². The van der Waals surface area contributed by atoms with Crippen LogP contribution in [0.4, 0.5) is 8.78 Å². The highest BCUT2D eigenvalue weighted by Crippen LogP contribution is 2.16. The van der Waals surface area contributed by atoms with Gasteiger partial charge in [-0.1, -0.05) is 50.1 Å². The van der Waals surface area contributed by atoms with Crippen LogP contribution in [0.3, 0.4) is 0 Å². The van der Waals surface area contributed by atoms with Gasteiger partial charge in [0.15, 0.2) is 0 Å². The van der Waals surface area contributed by atoms with Crippen molar-refractivity contribution in [1.29, 1.82) is 0 Å². The number of aliphatic hydroxyl groups excluding tert-OH is 1. The van der Waals surface area contributed by atoms with E-state index in [1.165, 1.54) is 17.1 Å². The Morgan fingerprint density at radius 2 is 1.53 bits per heavy atom. The number of nitrogens with one attached hydrogen (secondary N) is 2. The van der Waals surface area contributed by atoms with Crippen LogP contribution in [0.1, 0.15) is 64.1 Å². The van der Waals surface area contributed by atoms with Gasteiger partial charge in [-0.05, 0) is 60.7 Å². The minimum absolute atomic E-state index is 0.0916. The van der Waals surface area contributed by atoms with Gasteiger partial charge in [-0.3, -0.25) is 19.8 Å². The van der Waals surface area contributed by atoms with Crippen LogP contribution in [-0.2, 0) is 17.6 Å². The second-order valence-electron chi connectivity index (χ2n) is 10.9. The zero-order chi connectivity index (χ0) is 32.9. The molecule has 0 aromatic heterocycles. The number of carbonyl (C=O) groups excluding carboxylic acids is 3. The molecule has 3 aromatic carbocycles. The number of carbonyl (C=O) groups is 3. The fourth-order valence-electron chi connectivity index (χ4n) is 5.01. The van der Waals surface area contributed by atoms with Crippen LogP contribution in [-0.4, -0.2) is 71.6 Å². The molecular weight excluding hydrogens is 578 g/mol. The second-order valence-corrected chi connectivity index (χ2v) is 10.9. The summed E-state index contributed by atoms with van der Waals surface area (Å²) in [5, 5.41) is 15.4. The lowest BCUT2D eigenvalue weighted by atomic mass is 9.99. The van der Waals surface area contributed by atoms with Crippen LogP contribution in [0, 0.1) is 24.0 Å². The molecule has 0 saturated heterocycles. The van der Waals surface area contributed by atoms with Crippen molar-refractivity contribution < 1.29 is 28.3 Å². The molecule has 0 fully saturated rings. The topological polar surface area (TPSA) is 102 Å². The van der Waals surface area contributed by atoms with Gasteiger partial charge in [0.25, 0.3) is 11.8 Å². The highest BCUT2D eigenvalue weighted by atomic mass is 19.1. The van der Waals surface area contributed by atoms with Gasteiger partial charge >= 0.3 is 0 Å². The first-order valence-electron chi connectivity index (χ1n) is 14.9. The Labute approximate surface area is 263 Å². The maximum Gasteiger partial charge on any atom is 0.253 e. The number of nitrogens with zero attached hydrogens (tertiary/aromatic N) is 2. The minimum Gasteiger partial charge on any atom is -0.390 e. The second kappa shape index (κ2) is 17.0. The molecule has 0 aliphatic rings. The van der Waals surface area contributed by atoms with E-state index in [2.05, 4.69) is 16.7 Å². The van der Waals surface area contributed by atoms with Gasteiger partial charge in [0.1, 0.15) is 11.6 Å². The number of amides is 3. The molecule has 0 bridgehead atoms. The maximum atomic E-state index is 14.0. The first kappa shape index (κ1) is 34.9. The summed E-state index contributed by atoms with van der Waals surface area (Å²) in [4.78, 5) is 41.1. The molecule has 0 aliphatic heterocycles. The molecule has 238 valence electrons. The number of terminal acetylenes is 1. The molecule has 3 aromatic rings. The fraction of sp³-hybridized carbons (Fsp3) is 0.343. The SMILES string of the molecule is C#Cc1cc(C(=O)NC(Cc2cc(F)cc(F)c2)C(O)CN(C)NC(=O)Cc2ccccc2)cc(C(=O)N(CCC)CCC)c1. The summed E-state index contributed by atoms with van der Waals surface area (Å²) in [5.41, 5.74) is 4.36. The van der Waals surface area contributed by atoms with Crippen LogP contribution in [0.5, 0.6) is 0 Å². The lowest BCUT2D eigenvalue weighted by molar-refractivity contribution is -0.125. The lowest BCUT2D eigenvalue weighted by Crippen LogP contribution is -2.52. The molecule has 3 N–H and O–H groups in total. The van der Waals surface area contributed by atoms with E-state index in [1.807, 2.05) is 44.2 Å². The Balaban J connectivity index is 1.83. The summed E-state index contributed by atoms with van der Waals surface area (Å²) in [6.07, 6.45) is 5.86. The first-order chi connectivity index (χ1) is 21.5. The predicted octanol–water partition coefficient (Wildman–Crippen LogP) is 4.12. The van der Waals surface area contributed by atoms with Crippen molar-refractivity contribution in [3.63, 3.8) is 0 Å². The highest BCUT2D eigenvalue weighted by Gasteiger charge is 2.26. The third-order valence-corrected chi connectivity index (χ3v) is 7.03. The quantitative estimate of drug-likeness (QED) is 0.176. The Morgan fingerprint density at radius 1 is 0.911 bits per heavy atom. The summed E-state index contributed by atoms with van der Waals surface area (Å²) in [5.74, 6) is -0.340. The third-order valence-electron chi connectivity index (χ3n) is 7.03. The van der Waals surface area contributed by atoms with Crippen molar-refractivity contribution in [3.05, 3.63) is 106 Å². The molecule has 10 heteroatoms. The minimum atomic E-state index is -1.29. The van der Waals surface area contributed by atoms with E-state index >= 15 is 0 Å². The van der Waals surface area contributed by atoms with E-state index in [0.717, 1.165) is 36.6 Å². The highest BCUT2D eigenvalue weighted by molar-refractivity contribution is 6.00. The predicted molar refractivity (Wildman–Crippen MR) is 169 cm³/mol. The lowest BCUT2D eigenvalue weighted by Gasteiger charge is -2.28. The molecule has 2 atom stereocenters. The number of rotatable bonds is 15. The van der Waals surface area contributed by atoms with Gasteiger partial charge in [0.05, 0.1) is 18.6 Å². The molecule has 2 unspecified atom stereocenters. The van der Waals surface area contributed by atoms with Gasteiger partial charge in [-0.2, -0.15) is 0 Å². The fourth-order valence-corrected chi connectivity index (χ4v) is 5.01. The van der Waals surface area contributed by atoms with Crippen molar-refractivity contribution in [2.45, 2.75) is 51.7 Å². The average molecular weight is 619 g/mol. The van der Waals surface area contributed by atoms with Crippen LogP contribution in [0.25, 0.3) is 0 Å². The van der Waals surface area contributed by atoms with Gasteiger partial charge in [0.2, 0.25) is 5.91 Å². The van der Waals surface area contributed by atoms with Gasteiger partial charge in [0, 0.05) is 49.4 Å². The Bertz CT molecular complexity index is 1480. The van der Waals surface area contributed by atoms with Gasteiger partial charge in [-0.25, -0.2) is 13.8 Å². The molecule has 3 amide bonds. The number of hydrazine groups is 1. The normalized spacial score (nSPS) is 12.2. The molecule has 0 heterocycles. The van der Waals surface area contributed by atoms with Gasteiger partial charge < -0.3 is 15.3 Å². The zero-order valence-corrected chi connectivity index (χ0v) is 25.9. The number of halogens is 2. The molecular formula is C35H40F2N4O4. The number of benzene rings is 3. The van der Waals surface area contributed by atoms with Gasteiger partial charge in [-0.15, -0.1) is 6.42 Å². The van der Waals surface area contributed by atoms with E-state index in [1.54, 1.807) is 18.0 Å². The Morgan fingerprint density at radius 3 is 2.13 bits per heavy atom. The average Bonchev–Trinajstić information content (AvgIpc) is 2.99. The molecule has 8 nitrogen and oxygen atoms in total. The standard InChI is InChI=1S/C35H40F2N4O4/c1-5-13-41(14-6-2)35(45)28-16-24(7-3)15-27(21-28)34(44)38-31(19-26-17-29(36)22-30(37)18-26)32(42)23-40(4)39-33(43)20-25-11-9-8-10-12-25/h3,8-12,15-18,21-22,31-32,42H,5-6,13-14,19-20,23H2,1-2,4H3,(H,38,44)(H,39,43). The summed E-state index contributed by atoms with van der Waals surface area (Å²) in [6, 6.07) is 15.5. The summed E-state index contributed by atoms with van der Waals surface area (Å²) >= 11 is 0. The van der Waals surface area contributed by atoms with E-state index in [-0.39, 0.29) is 47.9 Å². The maximum absolute atomic E-state index is 14.0. The van der Waals surface area contributed by atoms with Crippen molar-refractivity contribution in [3.8, 4) is 12.3 Å². The molecule has 0 spiro atoms. The van der Waals surface area contributed by atoms with Crippen molar-refractivity contribution in [2.24, 2.45) is 0 Å². The number of aliphatic hydroxyl groups is 1. The molecule has 0 aliphatic carbocycles. The monoisotopic (exact) mass is 618 g/mol. The summed E-state index contributed by atoms with van der Waals surface area (Å²) < 4.78 is 28.0. The van der Waals surface area contributed by atoms with Crippen LogP contribution >= 0.6 is 0 Å². The Kier molecular flexibility index (Phi) is 13.2. The Hall–Kier alpha value is -4.59. The smallest absolute Gasteiger partial charge is 0.253 e. The first-order valence-corrected chi connectivity index (χ1v) is 14.9. The van der Waals surface area contributed by atoms with Crippen LogP contribution in [0.15, 0.2) is 66.7 Å². The van der Waals surface area contributed by atoms with E-state index < -0.39 is 29.7 Å². The summed E-state index contributed by atoms with van der Waals surface area (Å²) in [7, 11) is 1.56. The summed E-state index contributed by atoms with van der Waals surface area (Å²) in [6.45, 7) is 4.90. The number of likely N-dealkylation sites (N-methyl/N-ethyl adjacent to an activating group) is 1. The zero-order valence-electron chi connectivity index (χ0n) is 25.9. The van der Waals surface area contributed by atoms with Crippen molar-refractivity contribution in [2.75, 3.05) is 26.7 Å². The van der Waals surface area contributed by atoms with Crippen LogP contribution < -0.4 is 10.7 Å². The molecule has 0 radical (unpaired) electrons. The van der Waals surface area contributed by atoms with Crippen molar-refractivity contribution >= 4 is 17.7 Å². The van der Waals surface area contributed by atoms with E-state index in [4.69, 9.17) is 6.42 Å². The third kappa shape index (κ3) is 10.8. The molecule has 45 heavy (non-hydrogen) atoms. The van der Waals surface area contributed by atoms with E-state index in [0.29, 0.717) is 18.7 Å².